The standard InChI is InChI=1S/C18H15F2N3O2S2/c1-11-9-12(2)22-18(21-11)26-14-5-3-13(4-6-14)23-27(24,25)15-7-8-16(19)17(20)10-15/h3-10,23H,1-2H3. The number of nitrogens with one attached hydrogen (secondary N) is 1. The topological polar surface area (TPSA) is 72.0 Å². The number of hydrogen-bond acceptors (Lipinski definition) is 5. The van der Waals surface area contributed by atoms with E-state index >= 15 is 0 Å². The zero-order valence-electron chi connectivity index (χ0n) is 14.4. The summed E-state index contributed by atoms with van der Waals surface area (Å²) in [5, 5.41) is 0.600. The molecule has 3 aromatic rings. The molecule has 0 atom stereocenters. The van der Waals surface area contributed by atoms with Crippen LogP contribution < -0.4 is 4.72 Å². The van der Waals surface area contributed by atoms with Crippen LogP contribution >= 0.6 is 11.8 Å². The number of nitrogens with zero attached hydrogens (tertiary/aromatic N) is 2. The summed E-state index contributed by atoms with van der Waals surface area (Å²) in [4.78, 5) is 9.15. The van der Waals surface area contributed by atoms with E-state index < -0.39 is 21.7 Å². The molecule has 5 nitrogen and oxygen atoms in total. The summed E-state index contributed by atoms with van der Waals surface area (Å²) < 4.78 is 53.2. The van der Waals surface area contributed by atoms with E-state index in [1.807, 2.05) is 19.9 Å². The highest BCUT2D eigenvalue weighted by Gasteiger charge is 2.16. The van der Waals surface area contributed by atoms with Gasteiger partial charge in [0, 0.05) is 22.0 Å². The predicted octanol–water partition coefficient (Wildman–Crippen LogP) is 4.32. The maximum atomic E-state index is 13.3. The molecule has 0 unspecified atom stereocenters. The van der Waals surface area contributed by atoms with E-state index in [0.29, 0.717) is 16.9 Å². The third-order valence-corrected chi connectivity index (χ3v) is 5.73. The SMILES string of the molecule is Cc1cc(C)nc(Sc2ccc(NS(=O)(=O)c3ccc(F)c(F)c3)cc2)n1. The van der Waals surface area contributed by atoms with Gasteiger partial charge in [-0.15, -0.1) is 0 Å². The molecule has 27 heavy (non-hydrogen) atoms. The smallest absolute Gasteiger partial charge is 0.261 e. The van der Waals surface area contributed by atoms with Gasteiger partial charge in [0.2, 0.25) is 0 Å². The van der Waals surface area contributed by atoms with Crippen molar-refractivity contribution in [1.29, 1.82) is 0 Å². The Morgan fingerprint density at radius 1 is 0.889 bits per heavy atom. The van der Waals surface area contributed by atoms with Gasteiger partial charge in [0.1, 0.15) is 0 Å². The number of hydrogen-bond donors (Lipinski definition) is 1. The van der Waals surface area contributed by atoms with Crippen molar-refractivity contribution in [1.82, 2.24) is 9.97 Å². The fraction of sp³-hybridized carbons (Fsp3) is 0.111. The molecule has 140 valence electrons. The quantitative estimate of drug-likeness (QED) is 0.638. The van der Waals surface area contributed by atoms with Gasteiger partial charge in [0.05, 0.1) is 4.90 Å². The lowest BCUT2D eigenvalue weighted by Gasteiger charge is -2.09. The molecule has 0 aliphatic carbocycles. The Kier molecular flexibility index (Phi) is 5.43. The molecule has 9 heteroatoms. The average Bonchev–Trinajstić information content (AvgIpc) is 2.58. The number of benzene rings is 2. The van der Waals surface area contributed by atoms with E-state index in [2.05, 4.69) is 14.7 Å². The van der Waals surface area contributed by atoms with Gasteiger partial charge in [0.15, 0.2) is 16.8 Å². The zero-order chi connectivity index (χ0) is 19.6. The Bertz CT molecular complexity index is 1070. The highest BCUT2D eigenvalue weighted by molar-refractivity contribution is 7.99. The van der Waals surface area contributed by atoms with Crippen LogP contribution in [0.1, 0.15) is 11.4 Å². The third-order valence-electron chi connectivity index (χ3n) is 3.48. The first-order valence-electron chi connectivity index (χ1n) is 7.81. The molecule has 0 spiro atoms. The second-order valence-electron chi connectivity index (χ2n) is 5.74. The lowest BCUT2D eigenvalue weighted by Crippen LogP contribution is -2.13. The fourth-order valence-corrected chi connectivity index (χ4v) is 4.23. The van der Waals surface area contributed by atoms with E-state index in [9.17, 15) is 17.2 Å². The van der Waals surface area contributed by atoms with Gasteiger partial charge in [0.25, 0.3) is 10.0 Å². The van der Waals surface area contributed by atoms with Crippen LogP contribution in [0.25, 0.3) is 0 Å². The molecule has 0 saturated carbocycles. The summed E-state index contributed by atoms with van der Waals surface area (Å²) in [5.74, 6) is -2.33. The molecule has 1 N–H and O–H groups in total. The Labute approximate surface area is 159 Å². The molecule has 2 aromatic carbocycles. The third kappa shape index (κ3) is 4.81. The Hall–Kier alpha value is -2.52. The molecule has 0 radical (unpaired) electrons. The molecular weight excluding hydrogens is 392 g/mol. The van der Waals surface area contributed by atoms with Gasteiger partial charge in [-0.2, -0.15) is 0 Å². The van der Waals surface area contributed by atoms with Crippen molar-refractivity contribution in [3.05, 3.63) is 71.6 Å². The summed E-state index contributed by atoms with van der Waals surface area (Å²) in [6.07, 6.45) is 0. The summed E-state index contributed by atoms with van der Waals surface area (Å²) in [5.41, 5.74) is 2.02. The molecule has 0 bridgehead atoms. The number of rotatable bonds is 5. The van der Waals surface area contributed by atoms with Crippen LogP contribution in [0.2, 0.25) is 0 Å². The van der Waals surface area contributed by atoms with Crippen molar-refractivity contribution in [2.24, 2.45) is 0 Å². The molecule has 3 rings (SSSR count). The van der Waals surface area contributed by atoms with Gasteiger partial charge in [-0.25, -0.2) is 27.2 Å². The Morgan fingerprint density at radius 3 is 2.11 bits per heavy atom. The number of anilines is 1. The second kappa shape index (κ2) is 7.61. The van der Waals surface area contributed by atoms with Gasteiger partial charge >= 0.3 is 0 Å². The van der Waals surface area contributed by atoms with Crippen LogP contribution in [0.15, 0.2) is 63.5 Å². The van der Waals surface area contributed by atoms with Crippen LogP contribution in [0, 0.1) is 25.5 Å². The second-order valence-corrected chi connectivity index (χ2v) is 8.46. The first-order chi connectivity index (χ1) is 12.7. The lowest BCUT2D eigenvalue weighted by molar-refractivity contribution is 0.504. The summed E-state index contributed by atoms with van der Waals surface area (Å²) in [6, 6.07) is 10.9. The minimum absolute atomic E-state index is 0.297. The lowest BCUT2D eigenvalue weighted by atomic mass is 10.3. The molecule has 0 amide bonds. The molecule has 0 aliphatic rings. The van der Waals surface area contributed by atoms with Gasteiger partial charge in [-0.05, 0) is 74.1 Å². The van der Waals surface area contributed by atoms with E-state index in [1.54, 1.807) is 24.3 Å². The number of sulfonamides is 1. The molecule has 0 saturated heterocycles. The minimum atomic E-state index is -4.02. The van der Waals surface area contributed by atoms with Crippen LogP contribution in [0.3, 0.4) is 0 Å². The highest BCUT2D eigenvalue weighted by Crippen LogP contribution is 2.27. The Balaban J connectivity index is 1.76. The molecule has 0 aliphatic heterocycles. The molecular formula is C18H15F2N3O2S2. The van der Waals surface area contributed by atoms with Crippen molar-refractivity contribution in [3.8, 4) is 0 Å². The van der Waals surface area contributed by atoms with Gasteiger partial charge in [-0.1, -0.05) is 0 Å². The van der Waals surface area contributed by atoms with Crippen molar-refractivity contribution < 1.29 is 17.2 Å². The van der Waals surface area contributed by atoms with Crippen LogP contribution in [-0.4, -0.2) is 18.4 Å². The average molecular weight is 407 g/mol. The normalized spacial score (nSPS) is 11.4. The highest BCUT2D eigenvalue weighted by atomic mass is 32.2. The van der Waals surface area contributed by atoms with Crippen molar-refractivity contribution in [3.63, 3.8) is 0 Å². The van der Waals surface area contributed by atoms with E-state index in [1.165, 1.54) is 11.8 Å². The monoisotopic (exact) mass is 407 g/mol. The molecule has 1 aromatic heterocycles. The largest absolute Gasteiger partial charge is 0.280 e. The number of halogens is 2. The van der Waals surface area contributed by atoms with Crippen LogP contribution in [-0.2, 0) is 10.0 Å². The van der Waals surface area contributed by atoms with E-state index in [0.717, 1.165) is 28.4 Å². The Morgan fingerprint density at radius 2 is 1.52 bits per heavy atom. The first-order valence-corrected chi connectivity index (χ1v) is 10.1. The summed E-state index contributed by atoms with van der Waals surface area (Å²) >= 11 is 1.35. The predicted molar refractivity (Wildman–Crippen MR) is 99.2 cm³/mol. The van der Waals surface area contributed by atoms with Crippen LogP contribution in [0.5, 0.6) is 0 Å². The van der Waals surface area contributed by atoms with Crippen molar-refractivity contribution >= 4 is 27.5 Å². The molecule has 0 fully saturated rings. The number of aromatic nitrogens is 2. The zero-order valence-corrected chi connectivity index (χ0v) is 16.0. The van der Waals surface area contributed by atoms with Crippen molar-refractivity contribution in [2.75, 3.05) is 4.72 Å². The maximum absolute atomic E-state index is 13.3. The van der Waals surface area contributed by atoms with E-state index in [4.69, 9.17) is 0 Å². The summed E-state index contributed by atoms with van der Waals surface area (Å²) in [7, 11) is -4.02. The molecule has 1 heterocycles. The number of aryl methyl sites for hydroxylation is 2. The van der Waals surface area contributed by atoms with Gasteiger partial charge in [-0.3, -0.25) is 4.72 Å². The van der Waals surface area contributed by atoms with E-state index in [-0.39, 0.29) is 4.90 Å². The van der Waals surface area contributed by atoms with Gasteiger partial charge < -0.3 is 0 Å². The maximum Gasteiger partial charge on any atom is 0.261 e. The van der Waals surface area contributed by atoms with Crippen LogP contribution in [0.4, 0.5) is 14.5 Å². The van der Waals surface area contributed by atoms with Crippen molar-refractivity contribution in [2.45, 2.75) is 28.8 Å². The minimum Gasteiger partial charge on any atom is -0.280 e. The fourth-order valence-electron chi connectivity index (χ4n) is 2.29. The first kappa shape index (κ1) is 19.2. The summed E-state index contributed by atoms with van der Waals surface area (Å²) in [6.45, 7) is 3.77.